The first-order valence-corrected chi connectivity index (χ1v) is 10.4. The highest BCUT2D eigenvalue weighted by Crippen LogP contribution is 2.29. The van der Waals surface area contributed by atoms with Gasteiger partial charge in [-0.2, -0.15) is 0 Å². The van der Waals surface area contributed by atoms with Crippen LogP contribution in [0.15, 0.2) is 36.4 Å². The lowest BCUT2D eigenvalue weighted by Gasteiger charge is -2.24. The maximum absolute atomic E-state index is 13.5. The highest BCUT2D eigenvalue weighted by Gasteiger charge is 2.24. The average molecular weight is 428 g/mol. The molecular formula is C19H22F2N2O5S. The molecule has 1 N–H and O–H groups in total. The SMILES string of the molecule is COc1ccc(OC)c([C@@H](C)NC(=O)CN(c2ccc(F)c(F)c2)S(C)(=O)=O)c1. The molecule has 0 radical (unpaired) electrons. The van der Waals surface area contributed by atoms with Crippen molar-refractivity contribution < 1.29 is 31.5 Å². The van der Waals surface area contributed by atoms with Gasteiger partial charge in [-0.1, -0.05) is 0 Å². The first kappa shape index (κ1) is 22.4. The fourth-order valence-electron chi connectivity index (χ4n) is 2.71. The van der Waals surface area contributed by atoms with Crippen LogP contribution < -0.4 is 19.1 Å². The maximum atomic E-state index is 13.5. The van der Waals surface area contributed by atoms with Gasteiger partial charge < -0.3 is 14.8 Å². The van der Waals surface area contributed by atoms with Gasteiger partial charge >= 0.3 is 0 Å². The minimum atomic E-state index is -3.93. The van der Waals surface area contributed by atoms with Crippen molar-refractivity contribution in [2.45, 2.75) is 13.0 Å². The molecule has 1 amide bonds. The third kappa shape index (κ3) is 5.57. The molecule has 0 unspecified atom stereocenters. The lowest BCUT2D eigenvalue weighted by atomic mass is 10.1. The molecule has 158 valence electrons. The molecule has 0 saturated heterocycles. The molecule has 0 fully saturated rings. The van der Waals surface area contributed by atoms with E-state index < -0.39 is 40.2 Å². The second-order valence-corrected chi connectivity index (χ2v) is 8.17. The number of anilines is 1. The Labute approximate surface area is 168 Å². The molecule has 0 aliphatic carbocycles. The Morgan fingerprint density at radius 1 is 1.10 bits per heavy atom. The molecule has 1 atom stereocenters. The number of halogens is 2. The number of hydrogen-bond acceptors (Lipinski definition) is 5. The predicted molar refractivity (Wildman–Crippen MR) is 105 cm³/mol. The molecule has 0 aliphatic rings. The Morgan fingerprint density at radius 2 is 1.79 bits per heavy atom. The lowest BCUT2D eigenvalue weighted by molar-refractivity contribution is -0.120. The van der Waals surface area contributed by atoms with Gasteiger partial charge in [0.05, 0.1) is 32.2 Å². The van der Waals surface area contributed by atoms with Crippen molar-refractivity contribution in [3.8, 4) is 11.5 Å². The van der Waals surface area contributed by atoms with Gasteiger partial charge in [0.25, 0.3) is 0 Å². The normalized spacial score (nSPS) is 12.2. The van der Waals surface area contributed by atoms with Crippen LogP contribution in [0.5, 0.6) is 11.5 Å². The van der Waals surface area contributed by atoms with Crippen molar-refractivity contribution in [2.75, 3.05) is 31.3 Å². The van der Waals surface area contributed by atoms with Gasteiger partial charge in [-0.05, 0) is 37.3 Å². The maximum Gasteiger partial charge on any atom is 0.241 e. The number of benzene rings is 2. The van der Waals surface area contributed by atoms with E-state index in [1.807, 2.05) is 0 Å². The summed E-state index contributed by atoms with van der Waals surface area (Å²) >= 11 is 0. The molecule has 2 aromatic carbocycles. The van der Waals surface area contributed by atoms with Crippen molar-refractivity contribution in [1.29, 1.82) is 0 Å². The number of sulfonamides is 1. The van der Waals surface area contributed by atoms with Crippen LogP contribution in [0.2, 0.25) is 0 Å². The Bertz CT molecular complexity index is 998. The first-order chi connectivity index (χ1) is 13.6. The van der Waals surface area contributed by atoms with E-state index >= 15 is 0 Å². The number of rotatable bonds is 8. The third-order valence-electron chi connectivity index (χ3n) is 4.16. The number of nitrogens with one attached hydrogen (secondary N) is 1. The molecule has 0 spiro atoms. The van der Waals surface area contributed by atoms with Crippen LogP contribution in [0.3, 0.4) is 0 Å². The molecule has 0 aromatic heterocycles. The number of amides is 1. The minimum Gasteiger partial charge on any atom is -0.497 e. The van der Waals surface area contributed by atoms with E-state index in [1.165, 1.54) is 14.2 Å². The summed E-state index contributed by atoms with van der Waals surface area (Å²) in [6, 6.07) is 7.13. The topological polar surface area (TPSA) is 84.9 Å². The molecule has 0 saturated carbocycles. The Kier molecular flexibility index (Phi) is 7.02. The van der Waals surface area contributed by atoms with Gasteiger partial charge in [0, 0.05) is 11.6 Å². The Morgan fingerprint density at radius 3 is 2.34 bits per heavy atom. The highest BCUT2D eigenvalue weighted by atomic mass is 32.2. The second-order valence-electron chi connectivity index (χ2n) is 6.27. The van der Waals surface area contributed by atoms with Crippen LogP contribution in [0.25, 0.3) is 0 Å². The van der Waals surface area contributed by atoms with Gasteiger partial charge in [0.1, 0.15) is 18.0 Å². The molecule has 2 rings (SSSR count). The highest BCUT2D eigenvalue weighted by molar-refractivity contribution is 7.92. The van der Waals surface area contributed by atoms with Crippen LogP contribution in [-0.4, -0.2) is 41.3 Å². The zero-order valence-corrected chi connectivity index (χ0v) is 17.2. The molecule has 0 heterocycles. The molecule has 7 nitrogen and oxygen atoms in total. The van der Waals surface area contributed by atoms with E-state index in [4.69, 9.17) is 9.47 Å². The summed E-state index contributed by atoms with van der Waals surface area (Å²) in [5, 5.41) is 2.67. The van der Waals surface area contributed by atoms with E-state index in [2.05, 4.69) is 5.32 Å². The van der Waals surface area contributed by atoms with Crippen molar-refractivity contribution >= 4 is 21.6 Å². The Hall–Kier alpha value is -2.88. The molecule has 0 bridgehead atoms. The molecule has 29 heavy (non-hydrogen) atoms. The summed E-state index contributed by atoms with van der Waals surface area (Å²) in [6.07, 6.45) is 0.871. The van der Waals surface area contributed by atoms with E-state index in [1.54, 1.807) is 25.1 Å². The van der Waals surface area contributed by atoms with Gasteiger partial charge in [0.15, 0.2) is 11.6 Å². The van der Waals surface area contributed by atoms with E-state index in [0.29, 0.717) is 21.4 Å². The van der Waals surface area contributed by atoms with Crippen molar-refractivity contribution in [3.05, 3.63) is 53.6 Å². The third-order valence-corrected chi connectivity index (χ3v) is 5.30. The fraction of sp³-hybridized carbons (Fsp3) is 0.316. The van der Waals surface area contributed by atoms with Crippen molar-refractivity contribution in [3.63, 3.8) is 0 Å². The van der Waals surface area contributed by atoms with Gasteiger partial charge in [0.2, 0.25) is 15.9 Å². The second kappa shape index (κ2) is 9.08. The van der Waals surface area contributed by atoms with Crippen LogP contribution in [0, 0.1) is 11.6 Å². The standard InChI is InChI=1S/C19H22F2N2O5S/c1-12(15-10-14(27-2)6-8-18(15)28-3)22-19(24)11-23(29(4,25)26)13-5-7-16(20)17(21)9-13/h5-10,12H,11H2,1-4H3,(H,22,24)/t12-/m1/s1. The zero-order valence-electron chi connectivity index (χ0n) is 16.4. The summed E-state index contributed by atoms with van der Waals surface area (Å²) in [7, 11) is -0.947. The number of nitrogens with zero attached hydrogens (tertiary/aromatic N) is 1. The van der Waals surface area contributed by atoms with Crippen LogP contribution in [-0.2, 0) is 14.8 Å². The number of carbonyl (C=O) groups excluding carboxylic acids is 1. The van der Waals surface area contributed by atoms with Crippen LogP contribution in [0.1, 0.15) is 18.5 Å². The number of methoxy groups -OCH3 is 2. The summed E-state index contributed by atoms with van der Waals surface area (Å²) in [6.45, 7) is 1.08. The quantitative estimate of drug-likeness (QED) is 0.699. The summed E-state index contributed by atoms with van der Waals surface area (Å²) in [4.78, 5) is 12.5. The molecular weight excluding hydrogens is 406 g/mol. The fourth-order valence-corrected chi connectivity index (χ4v) is 3.56. The van der Waals surface area contributed by atoms with Crippen LogP contribution in [0.4, 0.5) is 14.5 Å². The minimum absolute atomic E-state index is 0.159. The van der Waals surface area contributed by atoms with E-state index in [-0.39, 0.29) is 5.69 Å². The molecule has 10 heteroatoms. The summed E-state index contributed by atoms with van der Waals surface area (Å²) in [5.74, 6) is -1.91. The smallest absolute Gasteiger partial charge is 0.241 e. The number of ether oxygens (including phenoxy) is 2. The van der Waals surface area contributed by atoms with E-state index in [0.717, 1.165) is 24.5 Å². The number of carbonyl (C=O) groups is 1. The Balaban J connectivity index is 2.23. The van der Waals surface area contributed by atoms with Crippen molar-refractivity contribution in [1.82, 2.24) is 5.32 Å². The summed E-state index contributed by atoms with van der Waals surface area (Å²) in [5.41, 5.74) is 0.465. The molecule has 0 aliphatic heterocycles. The predicted octanol–water partition coefficient (Wildman–Crippen LogP) is 2.63. The summed E-state index contributed by atoms with van der Waals surface area (Å²) < 4.78 is 62.0. The van der Waals surface area contributed by atoms with Gasteiger partial charge in [-0.15, -0.1) is 0 Å². The first-order valence-electron chi connectivity index (χ1n) is 8.51. The number of hydrogen-bond donors (Lipinski definition) is 1. The average Bonchev–Trinajstić information content (AvgIpc) is 2.66. The molecule has 2 aromatic rings. The monoisotopic (exact) mass is 428 g/mol. The van der Waals surface area contributed by atoms with Gasteiger partial charge in [-0.3, -0.25) is 9.10 Å². The largest absolute Gasteiger partial charge is 0.497 e. The van der Waals surface area contributed by atoms with E-state index in [9.17, 15) is 22.0 Å². The van der Waals surface area contributed by atoms with Crippen molar-refractivity contribution in [2.24, 2.45) is 0 Å². The zero-order chi connectivity index (χ0) is 21.8. The van der Waals surface area contributed by atoms with Gasteiger partial charge in [-0.25, -0.2) is 17.2 Å². The lowest BCUT2D eigenvalue weighted by Crippen LogP contribution is -2.41. The van der Waals surface area contributed by atoms with Crippen LogP contribution >= 0.6 is 0 Å².